The highest BCUT2D eigenvalue weighted by molar-refractivity contribution is 5.05. The SMILES string of the molecule is CC(C)=CCCC(C)=CCCC(C)=CCCCOC1OC[C@@H](O)[C@H](O)[C@H]1O. The topological polar surface area (TPSA) is 79.2 Å². The van der Waals surface area contributed by atoms with Gasteiger partial charge in [0.2, 0.25) is 0 Å². The number of rotatable bonds is 11. The second-order valence-electron chi connectivity index (χ2n) is 7.72. The van der Waals surface area contributed by atoms with Crippen LogP contribution in [0.5, 0.6) is 0 Å². The molecule has 1 aliphatic rings. The summed E-state index contributed by atoms with van der Waals surface area (Å²) in [6, 6.07) is 0. The molecule has 1 rings (SSSR count). The largest absolute Gasteiger partial charge is 0.388 e. The fraction of sp³-hybridized carbons (Fsp3) is 0.727. The minimum absolute atomic E-state index is 0.0246. The van der Waals surface area contributed by atoms with Gasteiger partial charge >= 0.3 is 0 Å². The van der Waals surface area contributed by atoms with E-state index in [4.69, 9.17) is 9.47 Å². The van der Waals surface area contributed by atoms with E-state index in [0.29, 0.717) is 6.61 Å². The maximum atomic E-state index is 9.79. The van der Waals surface area contributed by atoms with E-state index in [1.165, 1.54) is 16.7 Å². The third-order valence-electron chi connectivity index (χ3n) is 4.70. The standard InChI is InChI=1S/C22H38O5/c1-16(2)9-7-11-18(4)13-8-12-17(3)10-5-6-14-26-22-21(25)20(24)19(23)15-27-22/h9-10,13,19-25H,5-8,11-12,14-15H2,1-4H3/t19-,20+,21-,22?/m1/s1. The van der Waals surface area contributed by atoms with Crippen LogP contribution in [0.1, 0.15) is 66.2 Å². The molecule has 4 atom stereocenters. The van der Waals surface area contributed by atoms with E-state index in [0.717, 1.165) is 38.5 Å². The fourth-order valence-corrected chi connectivity index (χ4v) is 2.90. The third-order valence-corrected chi connectivity index (χ3v) is 4.70. The lowest BCUT2D eigenvalue weighted by molar-refractivity contribution is -0.269. The zero-order chi connectivity index (χ0) is 20.2. The Morgan fingerprint density at radius 1 is 0.889 bits per heavy atom. The van der Waals surface area contributed by atoms with Crippen molar-refractivity contribution in [2.24, 2.45) is 0 Å². The van der Waals surface area contributed by atoms with Gasteiger partial charge in [-0.3, -0.25) is 0 Å². The maximum Gasteiger partial charge on any atom is 0.186 e. The molecule has 1 heterocycles. The number of unbranched alkanes of at least 4 members (excludes halogenated alkanes) is 1. The average Bonchev–Trinajstić information content (AvgIpc) is 2.61. The van der Waals surface area contributed by atoms with Crippen LogP contribution in [0.3, 0.4) is 0 Å². The van der Waals surface area contributed by atoms with E-state index in [1.807, 2.05) is 0 Å². The summed E-state index contributed by atoms with van der Waals surface area (Å²) in [5.74, 6) is 0. The lowest BCUT2D eigenvalue weighted by Crippen LogP contribution is -2.53. The van der Waals surface area contributed by atoms with E-state index in [9.17, 15) is 15.3 Å². The molecule has 0 amide bonds. The summed E-state index contributed by atoms with van der Waals surface area (Å²) in [5.41, 5.74) is 4.20. The van der Waals surface area contributed by atoms with Crippen LogP contribution in [0.4, 0.5) is 0 Å². The third kappa shape index (κ3) is 10.2. The summed E-state index contributed by atoms with van der Waals surface area (Å²) >= 11 is 0. The van der Waals surface area contributed by atoms with Crippen molar-refractivity contribution in [2.45, 2.75) is 90.8 Å². The molecule has 1 unspecified atom stereocenters. The van der Waals surface area contributed by atoms with Gasteiger partial charge in [0, 0.05) is 0 Å². The Hall–Kier alpha value is -0.980. The van der Waals surface area contributed by atoms with Gasteiger partial charge in [0.05, 0.1) is 13.2 Å². The number of ether oxygens (including phenoxy) is 2. The fourth-order valence-electron chi connectivity index (χ4n) is 2.90. The Morgan fingerprint density at radius 3 is 2.11 bits per heavy atom. The first kappa shape index (κ1) is 24.1. The molecular weight excluding hydrogens is 344 g/mol. The molecule has 0 radical (unpaired) electrons. The molecule has 0 aromatic heterocycles. The van der Waals surface area contributed by atoms with Crippen LogP contribution in [0.2, 0.25) is 0 Å². The van der Waals surface area contributed by atoms with Crippen molar-refractivity contribution in [3.63, 3.8) is 0 Å². The van der Waals surface area contributed by atoms with Gasteiger partial charge in [0.15, 0.2) is 6.29 Å². The van der Waals surface area contributed by atoms with Crippen LogP contribution in [0.15, 0.2) is 34.9 Å². The predicted molar refractivity (Wildman–Crippen MR) is 108 cm³/mol. The van der Waals surface area contributed by atoms with Crippen molar-refractivity contribution in [2.75, 3.05) is 13.2 Å². The summed E-state index contributed by atoms with van der Waals surface area (Å²) in [6.07, 6.45) is 8.60. The molecule has 1 aliphatic heterocycles. The van der Waals surface area contributed by atoms with Crippen LogP contribution in [0, 0.1) is 0 Å². The van der Waals surface area contributed by atoms with Crippen molar-refractivity contribution in [1.29, 1.82) is 0 Å². The van der Waals surface area contributed by atoms with Gasteiger partial charge in [-0.15, -0.1) is 0 Å². The zero-order valence-electron chi connectivity index (χ0n) is 17.4. The first-order valence-electron chi connectivity index (χ1n) is 10.0. The Labute approximate surface area is 164 Å². The van der Waals surface area contributed by atoms with Gasteiger partial charge in [-0.05, 0) is 66.2 Å². The van der Waals surface area contributed by atoms with Gasteiger partial charge in [0.1, 0.15) is 18.3 Å². The molecule has 0 saturated carbocycles. The van der Waals surface area contributed by atoms with Crippen LogP contribution in [-0.4, -0.2) is 53.1 Å². The van der Waals surface area contributed by atoms with Gasteiger partial charge in [0.25, 0.3) is 0 Å². The summed E-state index contributed by atoms with van der Waals surface area (Å²) in [7, 11) is 0. The lowest BCUT2D eigenvalue weighted by atomic mass is 10.1. The molecule has 1 saturated heterocycles. The quantitative estimate of drug-likeness (QED) is 0.376. The smallest absolute Gasteiger partial charge is 0.186 e. The van der Waals surface area contributed by atoms with Crippen LogP contribution < -0.4 is 0 Å². The lowest BCUT2D eigenvalue weighted by Gasteiger charge is -2.34. The van der Waals surface area contributed by atoms with E-state index >= 15 is 0 Å². The summed E-state index contributed by atoms with van der Waals surface area (Å²) in [5, 5.41) is 28.8. The average molecular weight is 383 g/mol. The number of allylic oxidation sites excluding steroid dienone is 6. The number of hydrogen-bond donors (Lipinski definition) is 3. The molecule has 27 heavy (non-hydrogen) atoms. The normalized spacial score (nSPS) is 26.9. The minimum Gasteiger partial charge on any atom is -0.388 e. The van der Waals surface area contributed by atoms with Crippen molar-refractivity contribution in [3.8, 4) is 0 Å². The van der Waals surface area contributed by atoms with Crippen LogP contribution in [-0.2, 0) is 9.47 Å². The van der Waals surface area contributed by atoms with E-state index in [1.54, 1.807) is 0 Å². The van der Waals surface area contributed by atoms with Crippen molar-refractivity contribution < 1.29 is 24.8 Å². The first-order chi connectivity index (χ1) is 12.8. The zero-order valence-corrected chi connectivity index (χ0v) is 17.4. The highest BCUT2D eigenvalue weighted by Crippen LogP contribution is 2.17. The second kappa shape index (κ2) is 13.2. The van der Waals surface area contributed by atoms with Crippen molar-refractivity contribution in [3.05, 3.63) is 34.9 Å². The Kier molecular flexibility index (Phi) is 11.8. The molecule has 0 aromatic rings. The van der Waals surface area contributed by atoms with Gasteiger partial charge in [-0.1, -0.05) is 34.9 Å². The molecule has 1 fully saturated rings. The van der Waals surface area contributed by atoms with Crippen molar-refractivity contribution >= 4 is 0 Å². The molecule has 3 N–H and O–H groups in total. The number of aliphatic hydroxyl groups excluding tert-OH is 3. The number of hydrogen-bond acceptors (Lipinski definition) is 5. The Bertz CT molecular complexity index is 505. The molecule has 0 aromatic carbocycles. The molecular formula is C22H38O5. The molecule has 0 aliphatic carbocycles. The van der Waals surface area contributed by atoms with E-state index in [-0.39, 0.29) is 6.61 Å². The van der Waals surface area contributed by atoms with Crippen molar-refractivity contribution in [1.82, 2.24) is 0 Å². The molecule has 0 bridgehead atoms. The van der Waals surface area contributed by atoms with Gasteiger partial charge in [-0.2, -0.15) is 0 Å². The van der Waals surface area contributed by atoms with E-state index in [2.05, 4.69) is 45.9 Å². The van der Waals surface area contributed by atoms with Gasteiger partial charge in [-0.25, -0.2) is 0 Å². The highest BCUT2D eigenvalue weighted by Gasteiger charge is 2.37. The Balaban J connectivity index is 2.15. The van der Waals surface area contributed by atoms with Gasteiger partial charge < -0.3 is 24.8 Å². The molecule has 5 heteroatoms. The summed E-state index contributed by atoms with van der Waals surface area (Å²) < 4.78 is 10.7. The summed E-state index contributed by atoms with van der Waals surface area (Å²) in [4.78, 5) is 0. The maximum absolute atomic E-state index is 9.79. The highest BCUT2D eigenvalue weighted by atomic mass is 16.7. The minimum atomic E-state index is -1.22. The van der Waals surface area contributed by atoms with Crippen LogP contribution >= 0.6 is 0 Å². The molecule has 0 spiro atoms. The second-order valence-corrected chi connectivity index (χ2v) is 7.72. The monoisotopic (exact) mass is 382 g/mol. The van der Waals surface area contributed by atoms with Crippen LogP contribution in [0.25, 0.3) is 0 Å². The summed E-state index contributed by atoms with van der Waals surface area (Å²) in [6.45, 7) is 9.04. The number of aliphatic hydroxyl groups is 3. The Morgan fingerprint density at radius 2 is 1.48 bits per heavy atom. The van der Waals surface area contributed by atoms with E-state index < -0.39 is 24.6 Å². The predicted octanol–water partition coefficient (Wildman–Crippen LogP) is 3.64. The molecule has 5 nitrogen and oxygen atoms in total. The molecule has 156 valence electrons. The first-order valence-corrected chi connectivity index (χ1v) is 10.0.